The molecule has 1 heterocycles. The molecular formula is C18H20N4O2S. The lowest BCUT2D eigenvalue weighted by atomic mass is 10.2. The van der Waals surface area contributed by atoms with Crippen LogP contribution in [0.1, 0.15) is 13.8 Å². The van der Waals surface area contributed by atoms with Gasteiger partial charge in [0.1, 0.15) is 0 Å². The van der Waals surface area contributed by atoms with Crippen molar-refractivity contribution in [3.8, 4) is 11.5 Å². The molecule has 0 atom stereocenters. The van der Waals surface area contributed by atoms with E-state index in [1.807, 2.05) is 44.2 Å². The number of ether oxygens (including phenoxy) is 2. The van der Waals surface area contributed by atoms with Crippen molar-refractivity contribution < 1.29 is 9.47 Å². The zero-order chi connectivity index (χ0) is 18.0. The predicted molar refractivity (Wildman–Crippen MR) is 105 cm³/mol. The van der Waals surface area contributed by atoms with Crippen molar-refractivity contribution in [2.75, 3.05) is 19.5 Å². The fourth-order valence-electron chi connectivity index (χ4n) is 2.51. The van der Waals surface area contributed by atoms with Crippen LogP contribution in [0.4, 0.5) is 5.69 Å². The topological polar surface area (TPSA) is 68.3 Å². The molecule has 0 saturated heterocycles. The predicted octanol–water partition coefficient (Wildman–Crippen LogP) is 3.50. The Kier molecular flexibility index (Phi) is 4.85. The highest BCUT2D eigenvalue weighted by atomic mass is 32.1. The average Bonchev–Trinajstić information content (AvgIpc) is 2.57. The number of methoxy groups -OCH3 is 2. The number of nitrogens with one attached hydrogen (secondary N) is 2. The molecule has 0 aliphatic carbocycles. The van der Waals surface area contributed by atoms with Crippen LogP contribution in [0.5, 0.6) is 11.5 Å². The molecule has 0 aliphatic rings. The summed E-state index contributed by atoms with van der Waals surface area (Å²) in [5, 5.41) is 6.89. The number of rotatable bonds is 4. The first-order chi connectivity index (χ1) is 12.0. The molecule has 0 aliphatic heterocycles. The average molecular weight is 356 g/mol. The van der Waals surface area contributed by atoms with Gasteiger partial charge in [0.2, 0.25) is 0 Å². The summed E-state index contributed by atoms with van der Waals surface area (Å²) in [7, 11) is 3.20. The third kappa shape index (κ3) is 3.71. The summed E-state index contributed by atoms with van der Waals surface area (Å²) in [6, 6.07) is 9.69. The van der Waals surface area contributed by atoms with Crippen molar-refractivity contribution in [1.82, 2.24) is 15.3 Å². The first-order valence-electron chi connectivity index (χ1n) is 7.91. The second-order valence-electron chi connectivity index (χ2n) is 5.88. The highest BCUT2D eigenvalue weighted by Crippen LogP contribution is 2.31. The van der Waals surface area contributed by atoms with Gasteiger partial charge >= 0.3 is 0 Å². The van der Waals surface area contributed by atoms with E-state index in [2.05, 4.69) is 20.6 Å². The Bertz CT molecular complexity index is 943. The van der Waals surface area contributed by atoms with Gasteiger partial charge in [0.15, 0.2) is 16.6 Å². The van der Waals surface area contributed by atoms with E-state index in [0.717, 1.165) is 27.8 Å². The summed E-state index contributed by atoms with van der Waals surface area (Å²) in [5.74, 6) is 1.26. The minimum Gasteiger partial charge on any atom is -0.493 e. The van der Waals surface area contributed by atoms with Gasteiger partial charge in [-0.2, -0.15) is 0 Å². The van der Waals surface area contributed by atoms with Crippen LogP contribution in [-0.4, -0.2) is 35.3 Å². The van der Waals surface area contributed by atoms with Gasteiger partial charge < -0.3 is 20.1 Å². The summed E-state index contributed by atoms with van der Waals surface area (Å²) in [6.45, 7) is 4.07. The molecule has 2 N–H and O–H groups in total. The van der Waals surface area contributed by atoms with Crippen molar-refractivity contribution in [2.45, 2.75) is 19.9 Å². The molecule has 0 unspecified atom stereocenters. The van der Waals surface area contributed by atoms with Crippen LogP contribution in [-0.2, 0) is 0 Å². The second-order valence-corrected chi connectivity index (χ2v) is 6.28. The largest absolute Gasteiger partial charge is 0.493 e. The van der Waals surface area contributed by atoms with Gasteiger partial charge in [-0.1, -0.05) is 0 Å². The van der Waals surface area contributed by atoms with Gasteiger partial charge in [0.05, 0.1) is 36.3 Å². The molecule has 0 amide bonds. The van der Waals surface area contributed by atoms with E-state index in [9.17, 15) is 0 Å². The van der Waals surface area contributed by atoms with E-state index < -0.39 is 0 Å². The zero-order valence-corrected chi connectivity index (χ0v) is 15.4. The Hall–Kier alpha value is -2.67. The second kappa shape index (κ2) is 7.06. The minimum atomic E-state index is 0.270. The molecule has 1 aromatic heterocycles. The van der Waals surface area contributed by atoms with Crippen molar-refractivity contribution >= 4 is 45.1 Å². The van der Waals surface area contributed by atoms with E-state index in [1.54, 1.807) is 14.2 Å². The molecule has 2 aromatic carbocycles. The summed E-state index contributed by atoms with van der Waals surface area (Å²) in [6.07, 6.45) is 0. The quantitative estimate of drug-likeness (QED) is 0.548. The van der Waals surface area contributed by atoms with Gasteiger partial charge in [0.25, 0.3) is 0 Å². The van der Waals surface area contributed by atoms with Crippen molar-refractivity contribution in [3.63, 3.8) is 0 Å². The number of thiocarbonyl (C=S) groups is 1. The molecule has 3 rings (SSSR count). The summed E-state index contributed by atoms with van der Waals surface area (Å²) in [5.41, 5.74) is 3.93. The maximum Gasteiger partial charge on any atom is 0.170 e. The molecule has 3 aromatic rings. The fourth-order valence-corrected chi connectivity index (χ4v) is 2.86. The van der Waals surface area contributed by atoms with Gasteiger partial charge in [0, 0.05) is 23.9 Å². The molecule has 130 valence electrons. The Balaban J connectivity index is 2.01. The first-order valence-corrected chi connectivity index (χ1v) is 8.32. The van der Waals surface area contributed by atoms with Crippen LogP contribution in [0.2, 0.25) is 0 Å². The Morgan fingerprint density at radius 1 is 0.920 bits per heavy atom. The van der Waals surface area contributed by atoms with Crippen molar-refractivity contribution in [2.24, 2.45) is 0 Å². The van der Waals surface area contributed by atoms with Gasteiger partial charge in [-0.3, -0.25) is 0 Å². The van der Waals surface area contributed by atoms with E-state index in [1.165, 1.54) is 0 Å². The number of nitrogens with zero attached hydrogens (tertiary/aromatic N) is 2. The third-order valence-electron chi connectivity index (χ3n) is 3.62. The van der Waals surface area contributed by atoms with Crippen LogP contribution < -0.4 is 20.1 Å². The number of aromatic nitrogens is 2. The lowest BCUT2D eigenvalue weighted by molar-refractivity contribution is 0.355. The smallest absolute Gasteiger partial charge is 0.170 e. The van der Waals surface area contributed by atoms with E-state index in [4.69, 9.17) is 21.7 Å². The van der Waals surface area contributed by atoms with Crippen LogP contribution in [0.3, 0.4) is 0 Å². The molecule has 25 heavy (non-hydrogen) atoms. The van der Waals surface area contributed by atoms with Crippen LogP contribution in [0.25, 0.3) is 22.1 Å². The lowest BCUT2D eigenvalue weighted by Gasteiger charge is -2.13. The molecule has 7 heteroatoms. The van der Waals surface area contributed by atoms with Gasteiger partial charge in [-0.15, -0.1) is 0 Å². The summed E-state index contributed by atoms with van der Waals surface area (Å²) >= 11 is 5.28. The molecule has 6 nitrogen and oxygen atoms in total. The first kappa shape index (κ1) is 17.2. The molecule has 0 fully saturated rings. The van der Waals surface area contributed by atoms with Crippen molar-refractivity contribution in [1.29, 1.82) is 0 Å². The molecule has 0 bridgehead atoms. The normalized spacial score (nSPS) is 10.9. The van der Waals surface area contributed by atoms with Crippen LogP contribution in [0, 0.1) is 0 Å². The molecular weight excluding hydrogens is 336 g/mol. The van der Waals surface area contributed by atoms with Crippen molar-refractivity contribution in [3.05, 3.63) is 30.3 Å². The maximum atomic E-state index is 5.34. The fraction of sp³-hybridized carbons (Fsp3) is 0.278. The molecule has 0 spiro atoms. The highest BCUT2D eigenvalue weighted by Gasteiger charge is 2.10. The minimum absolute atomic E-state index is 0.270. The number of hydrogen-bond acceptors (Lipinski definition) is 5. The van der Waals surface area contributed by atoms with E-state index in [0.29, 0.717) is 16.6 Å². The van der Waals surface area contributed by atoms with Crippen LogP contribution >= 0.6 is 12.2 Å². The number of hydrogen-bond donors (Lipinski definition) is 2. The highest BCUT2D eigenvalue weighted by molar-refractivity contribution is 7.80. The van der Waals surface area contributed by atoms with Gasteiger partial charge in [-0.05, 0) is 44.3 Å². The molecule has 0 radical (unpaired) electrons. The van der Waals surface area contributed by atoms with E-state index >= 15 is 0 Å². The lowest BCUT2D eigenvalue weighted by Crippen LogP contribution is -2.33. The molecule has 0 saturated carbocycles. The van der Waals surface area contributed by atoms with Gasteiger partial charge in [-0.25, -0.2) is 9.97 Å². The Labute approximate surface area is 151 Å². The monoisotopic (exact) mass is 356 g/mol. The Morgan fingerprint density at radius 2 is 1.48 bits per heavy atom. The zero-order valence-electron chi connectivity index (χ0n) is 14.6. The van der Waals surface area contributed by atoms with E-state index in [-0.39, 0.29) is 6.04 Å². The maximum absolute atomic E-state index is 5.34. The standard InChI is InChI=1S/C18H20N4O2S/c1-10(2)19-18(25)20-11-5-6-12-13(7-11)22-15-9-17(24-4)16(23-3)8-14(15)21-12/h5-10H,1-4H3,(H2,19,20,25). The van der Waals surface area contributed by atoms with Crippen LogP contribution in [0.15, 0.2) is 30.3 Å². The third-order valence-corrected chi connectivity index (χ3v) is 3.84. The number of anilines is 1. The SMILES string of the molecule is COc1cc2nc3ccc(NC(=S)NC(C)C)cc3nc2cc1OC. The summed E-state index contributed by atoms with van der Waals surface area (Å²) < 4.78 is 10.7. The Morgan fingerprint density at radius 3 is 2.04 bits per heavy atom. The number of benzene rings is 2. The summed E-state index contributed by atoms with van der Waals surface area (Å²) in [4.78, 5) is 9.34. The number of fused-ring (bicyclic) bond motifs is 2.